The van der Waals surface area contributed by atoms with E-state index in [1.165, 1.54) is 0 Å². The average molecular weight is 196 g/mol. The zero-order valence-corrected chi connectivity index (χ0v) is 8.29. The number of hydrogen-bond donors (Lipinski definition) is 1. The van der Waals surface area contributed by atoms with E-state index in [0.29, 0.717) is 24.7 Å². The molecular formula is C10H16N2O2. The van der Waals surface area contributed by atoms with Crippen molar-refractivity contribution in [3.05, 3.63) is 0 Å². The van der Waals surface area contributed by atoms with Gasteiger partial charge < -0.3 is 5.32 Å². The second-order valence-corrected chi connectivity index (χ2v) is 4.07. The fraction of sp³-hybridized carbons (Fsp3) is 0.800. The first-order valence-electron chi connectivity index (χ1n) is 5.28. The van der Waals surface area contributed by atoms with Crippen LogP contribution in [0.5, 0.6) is 0 Å². The molecule has 2 fully saturated rings. The Morgan fingerprint density at radius 2 is 2.07 bits per heavy atom. The maximum atomic E-state index is 11.1. The Labute approximate surface area is 83.6 Å². The summed E-state index contributed by atoms with van der Waals surface area (Å²) in [4.78, 5) is 24.5. The van der Waals surface area contributed by atoms with E-state index < -0.39 is 0 Å². The van der Waals surface area contributed by atoms with Crippen LogP contribution in [0.4, 0.5) is 0 Å². The molecule has 1 aliphatic carbocycles. The Balaban J connectivity index is 1.90. The first-order chi connectivity index (χ1) is 6.75. The lowest BCUT2D eigenvalue weighted by molar-refractivity contribution is -0.120. The number of ketones is 1. The van der Waals surface area contributed by atoms with E-state index in [4.69, 9.17) is 0 Å². The molecule has 2 rings (SSSR count). The van der Waals surface area contributed by atoms with Crippen molar-refractivity contribution in [3.8, 4) is 0 Å². The highest BCUT2D eigenvalue weighted by Gasteiger charge is 2.28. The van der Waals surface area contributed by atoms with Gasteiger partial charge in [-0.3, -0.25) is 14.5 Å². The summed E-state index contributed by atoms with van der Waals surface area (Å²) in [6.07, 6.45) is 2.97. The van der Waals surface area contributed by atoms with Crippen molar-refractivity contribution in [1.29, 1.82) is 0 Å². The monoisotopic (exact) mass is 196 g/mol. The third-order valence-electron chi connectivity index (χ3n) is 3.08. The SMILES string of the molecule is O=C1CCC(N2CCNC(=O)CC2)C1. The predicted molar refractivity (Wildman–Crippen MR) is 51.8 cm³/mol. The predicted octanol–water partition coefficient (Wildman–Crippen LogP) is -0.0701. The van der Waals surface area contributed by atoms with E-state index in [-0.39, 0.29) is 5.91 Å². The van der Waals surface area contributed by atoms with Crippen LogP contribution in [0.15, 0.2) is 0 Å². The van der Waals surface area contributed by atoms with Gasteiger partial charge in [0.1, 0.15) is 5.78 Å². The Bertz CT molecular complexity index is 253. The van der Waals surface area contributed by atoms with Crippen molar-refractivity contribution in [2.24, 2.45) is 0 Å². The molecule has 1 saturated carbocycles. The summed E-state index contributed by atoms with van der Waals surface area (Å²) in [6.45, 7) is 2.43. The van der Waals surface area contributed by atoms with Crippen LogP contribution < -0.4 is 5.32 Å². The highest BCUT2D eigenvalue weighted by Crippen LogP contribution is 2.21. The van der Waals surface area contributed by atoms with Crippen molar-refractivity contribution in [1.82, 2.24) is 10.2 Å². The van der Waals surface area contributed by atoms with Gasteiger partial charge in [-0.1, -0.05) is 0 Å². The minimum atomic E-state index is 0.136. The lowest BCUT2D eigenvalue weighted by atomic mass is 10.2. The molecule has 1 N–H and O–H groups in total. The Kier molecular flexibility index (Phi) is 2.82. The van der Waals surface area contributed by atoms with Crippen LogP contribution in [0, 0.1) is 0 Å². The number of Topliss-reactive ketones (excluding diaryl/α,β-unsaturated/α-hetero) is 1. The van der Waals surface area contributed by atoms with Gasteiger partial charge in [-0.15, -0.1) is 0 Å². The fourth-order valence-corrected chi connectivity index (χ4v) is 2.26. The summed E-state index contributed by atoms with van der Waals surface area (Å²) in [5.41, 5.74) is 0. The number of carbonyl (C=O) groups is 2. The lowest BCUT2D eigenvalue weighted by Gasteiger charge is -2.25. The molecule has 0 aromatic heterocycles. The Hall–Kier alpha value is -0.900. The number of nitrogens with one attached hydrogen (secondary N) is 1. The third-order valence-corrected chi connectivity index (χ3v) is 3.08. The maximum absolute atomic E-state index is 11.1. The molecule has 0 spiro atoms. The molecule has 1 atom stereocenters. The van der Waals surface area contributed by atoms with Gasteiger partial charge in [-0.25, -0.2) is 0 Å². The van der Waals surface area contributed by atoms with Gasteiger partial charge in [0.2, 0.25) is 5.91 Å². The van der Waals surface area contributed by atoms with E-state index >= 15 is 0 Å². The minimum absolute atomic E-state index is 0.136. The van der Waals surface area contributed by atoms with E-state index in [0.717, 1.165) is 32.5 Å². The summed E-state index contributed by atoms with van der Waals surface area (Å²) >= 11 is 0. The average Bonchev–Trinajstić information content (AvgIpc) is 2.46. The van der Waals surface area contributed by atoms with Gasteiger partial charge in [0, 0.05) is 44.9 Å². The third kappa shape index (κ3) is 2.12. The van der Waals surface area contributed by atoms with Crippen LogP contribution in [0.1, 0.15) is 25.7 Å². The van der Waals surface area contributed by atoms with E-state index in [2.05, 4.69) is 10.2 Å². The van der Waals surface area contributed by atoms with Gasteiger partial charge >= 0.3 is 0 Å². The van der Waals surface area contributed by atoms with Crippen LogP contribution in [0.2, 0.25) is 0 Å². The van der Waals surface area contributed by atoms with Gasteiger partial charge in [0.05, 0.1) is 0 Å². The summed E-state index contributed by atoms with van der Waals surface area (Å²) in [7, 11) is 0. The molecule has 0 radical (unpaired) electrons. The molecule has 1 heterocycles. The summed E-state index contributed by atoms with van der Waals surface area (Å²) in [5.74, 6) is 0.510. The first kappa shape index (κ1) is 9.65. The number of nitrogens with zero attached hydrogens (tertiary/aromatic N) is 1. The van der Waals surface area contributed by atoms with Crippen LogP contribution >= 0.6 is 0 Å². The molecule has 0 aromatic rings. The second kappa shape index (κ2) is 4.09. The summed E-state index contributed by atoms with van der Waals surface area (Å²) in [5, 5.41) is 2.84. The zero-order valence-electron chi connectivity index (χ0n) is 8.29. The lowest BCUT2D eigenvalue weighted by Crippen LogP contribution is -2.36. The molecule has 4 nitrogen and oxygen atoms in total. The molecule has 1 aliphatic heterocycles. The largest absolute Gasteiger partial charge is 0.355 e. The normalized spacial score (nSPS) is 30.1. The van der Waals surface area contributed by atoms with Crippen LogP contribution in [0.3, 0.4) is 0 Å². The number of amides is 1. The second-order valence-electron chi connectivity index (χ2n) is 4.07. The van der Waals surface area contributed by atoms with Crippen LogP contribution in [-0.2, 0) is 9.59 Å². The van der Waals surface area contributed by atoms with E-state index in [1.807, 2.05) is 0 Å². The van der Waals surface area contributed by atoms with E-state index in [1.54, 1.807) is 0 Å². The smallest absolute Gasteiger partial charge is 0.221 e. The molecule has 0 bridgehead atoms. The number of rotatable bonds is 1. The Morgan fingerprint density at radius 1 is 1.21 bits per heavy atom. The molecule has 1 unspecified atom stereocenters. The quantitative estimate of drug-likeness (QED) is 0.638. The fourth-order valence-electron chi connectivity index (χ4n) is 2.26. The molecular weight excluding hydrogens is 180 g/mol. The van der Waals surface area contributed by atoms with Crippen LogP contribution in [0.25, 0.3) is 0 Å². The number of hydrogen-bond acceptors (Lipinski definition) is 3. The van der Waals surface area contributed by atoms with Gasteiger partial charge in [-0.05, 0) is 6.42 Å². The summed E-state index contributed by atoms with van der Waals surface area (Å²) in [6, 6.07) is 0.398. The van der Waals surface area contributed by atoms with E-state index in [9.17, 15) is 9.59 Å². The van der Waals surface area contributed by atoms with Crippen molar-refractivity contribution >= 4 is 11.7 Å². The van der Waals surface area contributed by atoms with Gasteiger partial charge in [0.25, 0.3) is 0 Å². The molecule has 0 aromatic carbocycles. The first-order valence-corrected chi connectivity index (χ1v) is 5.28. The zero-order chi connectivity index (χ0) is 9.97. The molecule has 2 aliphatic rings. The van der Waals surface area contributed by atoms with Crippen LogP contribution in [-0.4, -0.2) is 42.3 Å². The van der Waals surface area contributed by atoms with Crippen molar-refractivity contribution in [2.45, 2.75) is 31.7 Å². The molecule has 1 amide bonds. The molecule has 4 heteroatoms. The molecule has 14 heavy (non-hydrogen) atoms. The highest BCUT2D eigenvalue weighted by molar-refractivity contribution is 5.81. The topological polar surface area (TPSA) is 49.4 Å². The van der Waals surface area contributed by atoms with Gasteiger partial charge in [-0.2, -0.15) is 0 Å². The number of carbonyl (C=O) groups excluding carboxylic acids is 2. The minimum Gasteiger partial charge on any atom is -0.355 e. The van der Waals surface area contributed by atoms with Gasteiger partial charge in [0.15, 0.2) is 0 Å². The molecule has 1 saturated heterocycles. The standard InChI is InChI=1S/C10H16N2O2/c13-9-2-1-8(7-9)12-5-3-10(14)11-4-6-12/h8H,1-7H2,(H,11,14). The van der Waals surface area contributed by atoms with Crippen molar-refractivity contribution in [3.63, 3.8) is 0 Å². The highest BCUT2D eigenvalue weighted by atomic mass is 16.1. The molecule has 78 valence electrons. The van der Waals surface area contributed by atoms with Crippen molar-refractivity contribution in [2.75, 3.05) is 19.6 Å². The summed E-state index contributed by atoms with van der Waals surface area (Å²) < 4.78 is 0. The maximum Gasteiger partial charge on any atom is 0.221 e. The Morgan fingerprint density at radius 3 is 2.79 bits per heavy atom. The van der Waals surface area contributed by atoms with Crippen molar-refractivity contribution < 1.29 is 9.59 Å².